The number of nitrogens with two attached hydrogens (primary N) is 1. The van der Waals surface area contributed by atoms with Crippen LogP contribution < -0.4 is 5.73 Å². The second-order valence-corrected chi connectivity index (χ2v) is 7.95. The summed E-state index contributed by atoms with van der Waals surface area (Å²) in [4.78, 5) is 17.6. The molecule has 186 valence electrons. The molecule has 0 amide bonds. The van der Waals surface area contributed by atoms with Crippen LogP contribution in [-0.4, -0.2) is 19.6 Å². The zero-order valence-corrected chi connectivity index (χ0v) is 21.9. The van der Waals surface area contributed by atoms with Crippen molar-refractivity contribution < 1.29 is 9.59 Å². The van der Waals surface area contributed by atoms with Crippen LogP contribution in [0.1, 0.15) is 91.0 Å². The summed E-state index contributed by atoms with van der Waals surface area (Å²) in [6.07, 6.45) is 15.2. The van der Waals surface area contributed by atoms with Gasteiger partial charge in [0.2, 0.25) is 0 Å². The first-order chi connectivity index (χ1) is 16.2. The van der Waals surface area contributed by atoms with E-state index in [9.17, 15) is 0 Å². The van der Waals surface area contributed by atoms with Crippen molar-refractivity contribution in [3.8, 4) is 11.1 Å². The summed E-state index contributed by atoms with van der Waals surface area (Å²) in [6.45, 7) is 7.50. The van der Waals surface area contributed by atoms with E-state index in [1.165, 1.54) is 102 Å². The minimum atomic E-state index is 0.750. The zero-order chi connectivity index (χ0) is 25.2. The van der Waals surface area contributed by atoms with Crippen molar-refractivity contribution in [1.29, 1.82) is 0 Å². The fourth-order valence-corrected chi connectivity index (χ4v) is 3.68. The molecule has 0 radical (unpaired) electrons. The van der Waals surface area contributed by atoms with Crippen LogP contribution in [0.25, 0.3) is 11.1 Å². The maximum Gasteiger partial charge on any atom is 0.116 e. The number of aldehydes is 2. The molecule has 0 aliphatic heterocycles. The van der Waals surface area contributed by atoms with Crippen molar-refractivity contribution >= 4 is 12.6 Å². The number of hydrogen-bond acceptors (Lipinski definition) is 3. The second kappa shape index (κ2) is 26.0. The summed E-state index contributed by atoms with van der Waals surface area (Å²) in [6, 6.07) is 20.0. The molecule has 0 fully saturated rings. The number of carbonyl (C=O) groups is 2. The van der Waals surface area contributed by atoms with E-state index in [-0.39, 0.29) is 0 Å². The first-order valence-corrected chi connectivity index (χ1v) is 12.7. The van der Waals surface area contributed by atoms with Gasteiger partial charge in [-0.2, -0.15) is 0 Å². The average Bonchev–Trinajstić information content (AvgIpc) is 2.85. The fourth-order valence-electron chi connectivity index (χ4n) is 3.68. The third-order valence-electron chi connectivity index (χ3n) is 5.27. The summed E-state index contributed by atoms with van der Waals surface area (Å²) in [7, 11) is 1.50. The number of unbranched alkanes of at least 4 members (excludes halogenated alkanes) is 5. The van der Waals surface area contributed by atoms with Gasteiger partial charge in [-0.05, 0) is 49.9 Å². The van der Waals surface area contributed by atoms with Crippen molar-refractivity contribution in [2.24, 2.45) is 11.7 Å². The van der Waals surface area contributed by atoms with Crippen LogP contribution in [0, 0.1) is 5.92 Å². The number of rotatable bonds is 12. The lowest BCUT2D eigenvalue weighted by Gasteiger charge is -2.17. The van der Waals surface area contributed by atoms with Gasteiger partial charge in [0.15, 0.2) is 0 Å². The van der Waals surface area contributed by atoms with Crippen molar-refractivity contribution in [2.75, 3.05) is 7.05 Å². The summed E-state index contributed by atoms with van der Waals surface area (Å²) in [5.41, 5.74) is 8.65. The number of carbonyl (C=O) groups excluding carboxylic acids is 2. The predicted molar refractivity (Wildman–Crippen MR) is 146 cm³/mol. The summed E-state index contributed by atoms with van der Waals surface area (Å²) in [5.74, 6) is 0.865. The molecule has 2 aromatic rings. The van der Waals surface area contributed by atoms with Gasteiger partial charge in [-0.25, -0.2) is 0 Å². The van der Waals surface area contributed by atoms with E-state index in [1.54, 1.807) is 0 Å². The van der Waals surface area contributed by atoms with Crippen molar-refractivity contribution in [3.63, 3.8) is 0 Å². The van der Waals surface area contributed by atoms with Gasteiger partial charge in [0, 0.05) is 0 Å². The highest BCUT2D eigenvalue weighted by Crippen LogP contribution is 2.24. The van der Waals surface area contributed by atoms with Gasteiger partial charge in [-0.15, -0.1) is 0 Å². The molecule has 0 aromatic heterocycles. The second-order valence-electron chi connectivity index (χ2n) is 7.95. The first-order valence-electron chi connectivity index (χ1n) is 12.7. The third kappa shape index (κ3) is 19.0. The quantitative estimate of drug-likeness (QED) is 0.260. The molecule has 0 saturated heterocycles. The van der Waals surface area contributed by atoms with Crippen LogP contribution in [0.3, 0.4) is 0 Å². The van der Waals surface area contributed by atoms with Crippen LogP contribution in [0.4, 0.5) is 0 Å². The molecule has 0 bridgehead atoms. The highest BCUT2D eigenvalue weighted by atomic mass is 16.1. The molecule has 1 unspecified atom stereocenters. The van der Waals surface area contributed by atoms with E-state index in [0.29, 0.717) is 0 Å². The molecule has 3 heteroatoms. The minimum Gasteiger partial charge on any atom is -0.333 e. The molecule has 2 N–H and O–H groups in total. The Labute approximate surface area is 204 Å². The maximum atomic E-state index is 8.81. The molecule has 2 aromatic carbocycles. The Hall–Kier alpha value is -2.26. The molecule has 33 heavy (non-hydrogen) atoms. The fraction of sp³-hybridized carbons (Fsp3) is 0.533. The largest absolute Gasteiger partial charge is 0.333 e. The summed E-state index contributed by atoms with van der Waals surface area (Å²) < 4.78 is 0. The molecular weight excluding hydrogens is 406 g/mol. The Morgan fingerprint density at radius 1 is 0.667 bits per heavy atom. The standard InChI is InChI=1S/C25H36.2C2H4O.CH5N/c1-3-5-7-8-10-14-22(13-6-4-2)21-23-17-19-25(20-18-23)24-15-11-9-12-16-24;2*1-2-3;1-2/h9,11-12,15-20,22H,3-8,10,13-14,21H2,1-2H3;2*2H,1H3;2H2,1H3. The van der Waals surface area contributed by atoms with Gasteiger partial charge in [-0.1, -0.05) is 126 Å². The lowest BCUT2D eigenvalue weighted by atomic mass is 9.89. The van der Waals surface area contributed by atoms with Gasteiger partial charge in [-0.3, -0.25) is 0 Å². The highest BCUT2D eigenvalue weighted by molar-refractivity contribution is 5.63. The van der Waals surface area contributed by atoms with E-state index < -0.39 is 0 Å². The van der Waals surface area contributed by atoms with Crippen LogP contribution >= 0.6 is 0 Å². The molecule has 0 heterocycles. The van der Waals surface area contributed by atoms with Crippen LogP contribution in [0.2, 0.25) is 0 Å². The third-order valence-corrected chi connectivity index (χ3v) is 5.27. The molecular formula is C30H49NO2. The van der Waals surface area contributed by atoms with Crippen molar-refractivity contribution in [3.05, 3.63) is 60.2 Å². The van der Waals surface area contributed by atoms with Gasteiger partial charge in [0.1, 0.15) is 12.6 Å². The van der Waals surface area contributed by atoms with Gasteiger partial charge >= 0.3 is 0 Å². The highest BCUT2D eigenvalue weighted by Gasteiger charge is 2.10. The SMILES string of the molecule is CC=O.CC=O.CCCCCCCC(CCCC)Cc1ccc(-c2ccccc2)cc1.CN. The topological polar surface area (TPSA) is 60.2 Å². The van der Waals surface area contributed by atoms with Gasteiger partial charge in [0.25, 0.3) is 0 Å². The van der Waals surface area contributed by atoms with E-state index in [1.807, 2.05) is 0 Å². The molecule has 0 aliphatic rings. The Kier molecular flexibility index (Phi) is 25.9. The number of benzene rings is 2. The monoisotopic (exact) mass is 455 g/mol. The zero-order valence-electron chi connectivity index (χ0n) is 21.9. The van der Waals surface area contributed by atoms with E-state index in [2.05, 4.69) is 74.2 Å². The van der Waals surface area contributed by atoms with E-state index >= 15 is 0 Å². The lowest BCUT2D eigenvalue weighted by molar-refractivity contribution is -0.106. The molecule has 0 saturated carbocycles. The van der Waals surface area contributed by atoms with Crippen LogP contribution in [0.15, 0.2) is 54.6 Å². The van der Waals surface area contributed by atoms with E-state index in [0.717, 1.165) is 18.5 Å². The minimum absolute atomic E-state index is 0.750. The Bertz CT molecular complexity index is 647. The molecule has 0 spiro atoms. The normalized spacial score (nSPS) is 10.2. The van der Waals surface area contributed by atoms with Crippen molar-refractivity contribution in [1.82, 2.24) is 0 Å². The first kappa shape index (κ1) is 32.9. The van der Waals surface area contributed by atoms with Crippen molar-refractivity contribution in [2.45, 2.75) is 91.9 Å². The summed E-state index contributed by atoms with van der Waals surface area (Å²) >= 11 is 0. The predicted octanol–water partition coefficient (Wildman–Crippen LogP) is 8.05. The molecule has 1 atom stereocenters. The average molecular weight is 456 g/mol. The molecule has 2 rings (SSSR count). The Morgan fingerprint density at radius 3 is 1.64 bits per heavy atom. The molecule has 0 aliphatic carbocycles. The van der Waals surface area contributed by atoms with E-state index in [4.69, 9.17) is 9.59 Å². The smallest absolute Gasteiger partial charge is 0.116 e. The maximum absolute atomic E-state index is 8.81. The molecule has 3 nitrogen and oxygen atoms in total. The van der Waals surface area contributed by atoms with Gasteiger partial charge in [0.05, 0.1) is 0 Å². The van der Waals surface area contributed by atoms with Crippen LogP contribution in [0.5, 0.6) is 0 Å². The van der Waals surface area contributed by atoms with Gasteiger partial charge < -0.3 is 15.3 Å². The number of hydrogen-bond donors (Lipinski definition) is 1. The Morgan fingerprint density at radius 2 is 1.12 bits per heavy atom. The Balaban J connectivity index is 0. The summed E-state index contributed by atoms with van der Waals surface area (Å²) in [5, 5.41) is 0. The lowest BCUT2D eigenvalue weighted by Crippen LogP contribution is -2.05. The van der Waals surface area contributed by atoms with Crippen LogP contribution in [-0.2, 0) is 16.0 Å².